The summed E-state index contributed by atoms with van der Waals surface area (Å²) in [6.45, 7) is 13.4. The minimum Gasteiger partial charge on any atom is -0.412 e. The standard InChI is InChI=1S/C12H26N2O4.C11H24.2H2O/c1-5-15-9-10-17-7-3-14-4-8-18-12-11-16-6-2-13-1;1-3-5-7-9-11-10-8-6-4-2;;/h13-14H,1-12H2;3-11H2,1-2H3;2*1H2. The van der Waals surface area contributed by atoms with Crippen molar-refractivity contribution >= 4 is 0 Å². The van der Waals surface area contributed by atoms with Gasteiger partial charge in [0.15, 0.2) is 0 Å². The normalized spacial score (nSPS) is 17.6. The molecular weight excluding hydrogens is 400 g/mol. The van der Waals surface area contributed by atoms with Crippen LogP contribution in [0.5, 0.6) is 0 Å². The maximum absolute atomic E-state index is 5.41. The van der Waals surface area contributed by atoms with Crippen LogP contribution in [-0.2, 0) is 18.9 Å². The monoisotopic (exact) mass is 454 g/mol. The van der Waals surface area contributed by atoms with Crippen LogP contribution >= 0.6 is 0 Å². The quantitative estimate of drug-likeness (QED) is 0.541. The fourth-order valence-electron chi connectivity index (χ4n) is 2.86. The summed E-state index contributed by atoms with van der Waals surface area (Å²) < 4.78 is 21.6. The zero-order valence-corrected chi connectivity index (χ0v) is 20.5. The van der Waals surface area contributed by atoms with Crippen LogP contribution in [0.25, 0.3) is 0 Å². The Bertz CT molecular complexity index is 206. The van der Waals surface area contributed by atoms with E-state index in [0.29, 0.717) is 52.9 Å². The molecule has 192 valence electrons. The van der Waals surface area contributed by atoms with Crippen LogP contribution in [0, 0.1) is 0 Å². The Kier molecular flexibility index (Phi) is 39.0. The average molecular weight is 455 g/mol. The van der Waals surface area contributed by atoms with Crippen LogP contribution in [0.2, 0.25) is 0 Å². The second kappa shape index (κ2) is 34.3. The van der Waals surface area contributed by atoms with Gasteiger partial charge in [0, 0.05) is 26.2 Å². The Morgan fingerprint density at radius 2 is 0.677 bits per heavy atom. The lowest BCUT2D eigenvalue weighted by Crippen LogP contribution is -2.27. The number of hydrogen-bond acceptors (Lipinski definition) is 6. The van der Waals surface area contributed by atoms with E-state index in [-0.39, 0.29) is 11.0 Å². The van der Waals surface area contributed by atoms with Gasteiger partial charge in [-0.25, -0.2) is 0 Å². The van der Waals surface area contributed by atoms with Gasteiger partial charge in [0.05, 0.1) is 52.9 Å². The maximum Gasteiger partial charge on any atom is 0.0701 e. The van der Waals surface area contributed by atoms with Crippen molar-refractivity contribution in [3.05, 3.63) is 0 Å². The molecule has 0 spiro atoms. The molecule has 0 aromatic carbocycles. The van der Waals surface area contributed by atoms with Crippen LogP contribution in [-0.4, -0.2) is 90.0 Å². The molecule has 8 heteroatoms. The lowest BCUT2D eigenvalue weighted by atomic mass is 10.1. The summed E-state index contributed by atoms with van der Waals surface area (Å²) in [5.74, 6) is 0. The van der Waals surface area contributed by atoms with Gasteiger partial charge in [-0.3, -0.25) is 0 Å². The zero-order valence-electron chi connectivity index (χ0n) is 20.5. The van der Waals surface area contributed by atoms with Crippen molar-refractivity contribution in [1.82, 2.24) is 10.6 Å². The van der Waals surface area contributed by atoms with Gasteiger partial charge in [-0.2, -0.15) is 0 Å². The van der Waals surface area contributed by atoms with Gasteiger partial charge in [0.2, 0.25) is 0 Å². The molecule has 6 N–H and O–H groups in total. The fraction of sp³-hybridized carbons (Fsp3) is 1.00. The third kappa shape index (κ3) is 34.5. The Morgan fingerprint density at radius 1 is 0.419 bits per heavy atom. The lowest BCUT2D eigenvalue weighted by Gasteiger charge is -2.10. The van der Waals surface area contributed by atoms with Crippen molar-refractivity contribution in [1.29, 1.82) is 0 Å². The van der Waals surface area contributed by atoms with Crippen molar-refractivity contribution < 1.29 is 29.9 Å². The van der Waals surface area contributed by atoms with Crippen LogP contribution in [0.15, 0.2) is 0 Å². The molecule has 1 aliphatic heterocycles. The summed E-state index contributed by atoms with van der Waals surface area (Å²) >= 11 is 0. The first-order chi connectivity index (χ1) is 14.4. The van der Waals surface area contributed by atoms with Gasteiger partial charge in [0.25, 0.3) is 0 Å². The average Bonchev–Trinajstić information content (AvgIpc) is 2.74. The highest BCUT2D eigenvalue weighted by Crippen LogP contribution is 2.08. The minimum atomic E-state index is 0. The van der Waals surface area contributed by atoms with Crippen LogP contribution in [0.3, 0.4) is 0 Å². The Labute approximate surface area is 191 Å². The number of hydrogen-bond donors (Lipinski definition) is 2. The van der Waals surface area contributed by atoms with Gasteiger partial charge in [0.1, 0.15) is 0 Å². The van der Waals surface area contributed by atoms with Crippen molar-refractivity contribution in [3.63, 3.8) is 0 Å². The van der Waals surface area contributed by atoms with Crippen molar-refractivity contribution in [2.75, 3.05) is 79.0 Å². The summed E-state index contributed by atoms with van der Waals surface area (Å²) in [6, 6.07) is 0. The van der Waals surface area contributed by atoms with E-state index in [1.165, 1.54) is 57.8 Å². The highest BCUT2D eigenvalue weighted by molar-refractivity contribution is 4.48. The van der Waals surface area contributed by atoms with E-state index < -0.39 is 0 Å². The van der Waals surface area contributed by atoms with Crippen LogP contribution in [0.1, 0.15) is 71.6 Å². The van der Waals surface area contributed by atoms with E-state index in [2.05, 4.69) is 24.5 Å². The van der Waals surface area contributed by atoms with Gasteiger partial charge >= 0.3 is 0 Å². The lowest BCUT2D eigenvalue weighted by molar-refractivity contribution is 0.0383. The molecule has 1 aliphatic rings. The predicted molar refractivity (Wildman–Crippen MR) is 129 cm³/mol. The predicted octanol–water partition coefficient (Wildman–Crippen LogP) is 2.13. The summed E-state index contributed by atoms with van der Waals surface area (Å²) in [7, 11) is 0. The van der Waals surface area contributed by atoms with Gasteiger partial charge < -0.3 is 40.5 Å². The van der Waals surface area contributed by atoms with Crippen molar-refractivity contribution in [2.24, 2.45) is 0 Å². The molecule has 8 nitrogen and oxygen atoms in total. The van der Waals surface area contributed by atoms with Crippen LogP contribution < -0.4 is 10.6 Å². The van der Waals surface area contributed by atoms with E-state index in [1.807, 2.05) is 0 Å². The minimum absolute atomic E-state index is 0. The van der Waals surface area contributed by atoms with E-state index in [4.69, 9.17) is 18.9 Å². The summed E-state index contributed by atoms with van der Waals surface area (Å²) in [4.78, 5) is 0. The summed E-state index contributed by atoms with van der Waals surface area (Å²) in [5, 5.41) is 6.50. The molecular formula is C23H54N2O6. The third-order valence-corrected chi connectivity index (χ3v) is 4.64. The Balaban J connectivity index is -0.000000528. The van der Waals surface area contributed by atoms with Crippen molar-refractivity contribution in [2.45, 2.75) is 71.6 Å². The number of unbranched alkanes of at least 4 members (excludes halogenated alkanes) is 8. The molecule has 0 aromatic heterocycles. The molecule has 0 bridgehead atoms. The topological polar surface area (TPSA) is 124 Å². The zero-order chi connectivity index (χ0) is 21.1. The highest BCUT2D eigenvalue weighted by Gasteiger charge is 1.94. The van der Waals surface area contributed by atoms with Gasteiger partial charge in [-0.1, -0.05) is 71.6 Å². The molecule has 0 radical (unpaired) electrons. The third-order valence-electron chi connectivity index (χ3n) is 4.64. The smallest absolute Gasteiger partial charge is 0.0701 e. The first-order valence-electron chi connectivity index (χ1n) is 12.1. The first kappa shape index (κ1) is 35.3. The number of nitrogens with one attached hydrogen (secondary N) is 2. The molecule has 1 rings (SSSR count). The van der Waals surface area contributed by atoms with E-state index >= 15 is 0 Å². The molecule has 0 amide bonds. The van der Waals surface area contributed by atoms with Gasteiger partial charge in [-0.05, 0) is 0 Å². The Morgan fingerprint density at radius 3 is 0.935 bits per heavy atom. The number of ether oxygens (including phenoxy) is 4. The molecule has 1 saturated heterocycles. The maximum atomic E-state index is 5.41. The van der Waals surface area contributed by atoms with E-state index in [0.717, 1.165) is 26.2 Å². The molecule has 0 aromatic rings. The second-order valence-electron chi connectivity index (χ2n) is 7.42. The highest BCUT2D eigenvalue weighted by atomic mass is 16.5. The molecule has 1 heterocycles. The summed E-state index contributed by atoms with van der Waals surface area (Å²) in [5.41, 5.74) is 0. The molecule has 0 unspecified atom stereocenters. The van der Waals surface area contributed by atoms with Crippen LogP contribution in [0.4, 0.5) is 0 Å². The molecule has 31 heavy (non-hydrogen) atoms. The van der Waals surface area contributed by atoms with E-state index in [9.17, 15) is 0 Å². The molecule has 0 aliphatic carbocycles. The van der Waals surface area contributed by atoms with Crippen molar-refractivity contribution in [3.8, 4) is 0 Å². The molecule has 0 saturated carbocycles. The first-order valence-corrected chi connectivity index (χ1v) is 12.1. The van der Waals surface area contributed by atoms with E-state index in [1.54, 1.807) is 0 Å². The van der Waals surface area contributed by atoms with Gasteiger partial charge in [-0.15, -0.1) is 0 Å². The molecule has 0 atom stereocenters. The Hall–Kier alpha value is -0.320. The largest absolute Gasteiger partial charge is 0.412 e. The summed E-state index contributed by atoms with van der Waals surface area (Å²) in [6.07, 6.45) is 13.0. The second-order valence-corrected chi connectivity index (χ2v) is 7.42. The fourth-order valence-corrected chi connectivity index (χ4v) is 2.86. The molecule has 1 fully saturated rings. The SMILES string of the molecule is C1COCCOCCNCCOCCOCCN1.CCCCCCCCCCC.O.O. The number of rotatable bonds is 8.